The third kappa shape index (κ3) is 2.05. The normalized spacial score (nSPS) is 23.5. The van der Waals surface area contributed by atoms with Crippen molar-refractivity contribution in [2.75, 3.05) is 0 Å². The van der Waals surface area contributed by atoms with E-state index in [1.54, 1.807) is 0 Å². The van der Waals surface area contributed by atoms with Gasteiger partial charge in [0.2, 0.25) is 0 Å². The molecule has 1 atom stereocenters. The second-order valence-corrected chi connectivity index (χ2v) is 6.35. The summed E-state index contributed by atoms with van der Waals surface area (Å²) in [6.45, 7) is 4.03. The van der Waals surface area contributed by atoms with Crippen LogP contribution in [0.15, 0.2) is 78.6 Å². The molecule has 2 heteroatoms. The van der Waals surface area contributed by atoms with Crippen LogP contribution in [0.3, 0.4) is 0 Å². The molecule has 0 saturated heterocycles. The van der Waals surface area contributed by atoms with Gasteiger partial charge in [-0.05, 0) is 39.4 Å². The van der Waals surface area contributed by atoms with Crippen LogP contribution in [0, 0.1) is 5.92 Å². The lowest BCUT2D eigenvalue weighted by molar-refractivity contribution is -0.107. The quantitative estimate of drug-likeness (QED) is 0.252. The van der Waals surface area contributed by atoms with Crippen molar-refractivity contribution >= 4 is 16.8 Å². The topological polar surface area (TPSA) is 17.1 Å². The highest BCUT2D eigenvalue weighted by molar-refractivity contribution is 6.66. The van der Waals surface area contributed by atoms with Crippen molar-refractivity contribution in [3.05, 3.63) is 101 Å². The van der Waals surface area contributed by atoms with Crippen LogP contribution < -0.4 is 0 Å². The van der Waals surface area contributed by atoms with E-state index in [2.05, 4.69) is 60.8 Å². The Labute approximate surface area is 140 Å². The maximum atomic E-state index is 11.2. The van der Waals surface area contributed by atoms with Crippen molar-refractivity contribution < 1.29 is 4.79 Å². The summed E-state index contributed by atoms with van der Waals surface area (Å²) in [6, 6.07) is 17.1. The van der Waals surface area contributed by atoms with Crippen LogP contribution >= 0.6 is 11.6 Å². The first-order valence-corrected chi connectivity index (χ1v) is 8.06. The molecule has 112 valence electrons. The van der Waals surface area contributed by atoms with Gasteiger partial charge in [-0.15, -0.1) is 12.3 Å². The number of hydrogen-bond donors (Lipinski definition) is 0. The smallest absolute Gasteiger partial charge is 0.252 e. The Kier molecular flexibility index (Phi) is 3.34. The lowest BCUT2D eigenvalue weighted by Crippen LogP contribution is -2.33. The van der Waals surface area contributed by atoms with Crippen LogP contribution in [0.4, 0.5) is 0 Å². The molecule has 2 aromatic carbocycles. The predicted octanol–water partition coefficient (Wildman–Crippen LogP) is 4.93. The summed E-state index contributed by atoms with van der Waals surface area (Å²) in [7, 11) is 0. The van der Waals surface area contributed by atoms with E-state index in [0.29, 0.717) is 0 Å². The highest BCUT2D eigenvalue weighted by Gasteiger charge is 2.45. The first kappa shape index (κ1) is 14.3. The Hall–Kier alpha value is -2.34. The Bertz CT molecular complexity index is 839. The van der Waals surface area contributed by atoms with Gasteiger partial charge in [-0.3, -0.25) is 4.79 Å². The maximum Gasteiger partial charge on any atom is 0.252 e. The van der Waals surface area contributed by atoms with E-state index in [1.807, 2.05) is 6.08 Å². The minimum atomic E-state index is -0.497. The molecule has 0 saturated carbocycles. The molecular weight excluding hydrogens is 305 g/mol. The van der Waals surface area contributed by atoms with Gasteiger partial charge in [0.25, 0.3) is 5.24 Å². The van der Waals surface area contributed by atoms with Gasteiger partial charge < -0.3 is 0 Å². The lowest BCUT2D eigenvalue weighted by Gasteiger charge is -2.45. The molecule has 1 unspecified atom stereocenters. The largest absolute Gasteiger partial charge is 0.276 e. The molecule has 3 aliphatic rings. The molecule has 0 N–H and O–H groups in total. The third-order valence-corrected chi connectivity index (χ3v) is 5.03. The molecule has 0 spiro atoms. The van der Waals surface area contributed by atoms with E-state index in [1.165, 1.54) is 28.3 Å². The van der Waals surface area contributed by atoms with Crippen molar-refractivity contribution in [3.63, 3.8) is 0 Å². The molecule has 23 heavy (non-hydrogen) atoms. The zero-order valence-corrected chi connectivity index (χ0v) is 13.3. The summed E-state index contributed by atoms with van der Waals surface area (Å²) < 4.78 is 0. The van der Waals surface area contributed by atoms with Crippen molar-refractivity contribution in [2.24, 2.45) is 5.92 Å². The minimum absolute atomic E-state index is 0.114. The van der Waals surface area contributed by atoms with Gasteiger partial charge >= 0.3 is 0 Å². The molecule has 0 heterocycles. The highest BCUT2D eigenvalue weighted by atomic mass is 35.5. The molecule has 0 aliphatic heterocycles. The van der Waals surface area contributed by atoms with Gasteiger partial charge in [0.05, 0.1) is 0 Å². The summed E-state index contributed by atoms with van der Waals surface area (Å²) in [5, 5.41) is -0.497. The standard InChI is InChI=1S/C21H15ClO/c1-2-13-18(11-12-19(22)23)21-16-9-5-3-7-14(16)20(13)15-8-4-6-10-17(15)21/h2-10,12-13,20-21H,1H2/i19+1. The molecule has 3 aliphatic carbocycles. The number of fused-ring (bicyclic) bond motifs is 1. The molecule has 2 aromatic rings. The SMILES string of the molecule is C=CC1C(=C=C[13C](=O)Cl)C2c3ccccc3C1c1ccccc12. The van der Waals surface area contributed by atoms with Gasteiger partial charge in [0, 0.05) is 23.8 Å². The highest BCUT2D eigenvalue weighted by Crippen LogP contribution is 2.57. The number of benzene rings is 2. The molecule has 2 bridgehead atoms. The van der Waals surface area contributed by atoms with Crippen LogP contribution in [0.1, 0.15) is 34.1 Å². The monoisotopic (exact) mass is 319 g/mol. The van der Waals surface area contributed by atoms with E-state index >= 15 is 0 Å². The van der Waals surface area contributed by atoms with Gasteiger partial charge in [0.1, 0.15) is 0 Å². The Morgan fingerprint density at radius 2 is 1.52 bits per heavy atom. The van der Waals surface area contributed by atoms with Gasteiger partial charge in [-0.2, -0.15) is 0 Å². The van der Waals surface area contributed by atoms with E-state index in [4.69, 9.17) is 11.6 Å². The zero-order valence-electron chi connectivity index (χ0n) is 12.5. The van der Waals surface area contributed by atoms with Crippen LogP contribution in [0.2, 0.25) is 0 Å². The lowest BCUT2D eigenvalue weighted by atomic mass is 9.57. The van der Waals surface area contributed by atoms with Crippen molar-refractivity contribution in [1.82, 2.24) is 0 Å². The van der Waals surface area contributed by atoms with Gasteiger partial charge in [0.15, 0.2) is 0 Å². The molecule has 0 amide bonds. The average molecular weight is 320 g/mol. The van der Waals surface area contributed by atoms with Crippen LogP contribution in [0.25, 0.3) is 0 Å². The third-order valence-electron chi connectivity index (χ3n) is 4.92. The van der Waals surface area contributed by atoms with E-state index in [-0.39, 0.29) is 17.8 Å². The Morgan fingerprint density at radius 3 is 2.00 bits per heavy atom. The van der Waals surface area contributed by atoms with Gasteiger partial charge in [-0.25, -0.2) is 0 Å². The van der Waals surface area contributed by atoms with Crippen LogP contribution in [-0.2, 0) is 4.79 Å². The molecule has 0 radical (unpaired) electrons. The first-order chi connectivity index (χ1) is 11.2. The fraction of sp³-hybridized carbons (Fsp3) is 0.143. The summed E-state index contributed by atoms with van der Waals surface area (Å²) in [5.41, 5.74) is 9.55. The minimum Gasteiger partial charge on any atom is -0.276 e. The fourth-order valence-electron chi connectivity index (χ4n) is 4.13. The Balaban J connectivity index is 2.06. The number of halogens is 1. The summed E-state index contributed by atoms with van der Waals surface area (Å²) in [4.78, 5) is 11.2. The molecule has 5 rings (SSSR count). The molecule has 0 aromatic heterocycles. The van der Waals surface area contributed by atoms with E-state index in [0.717, 1.165) is 5.57 Å². The Morgan fingerprint density at radius 1 is 1.00 bits per heavy atom. The fourth-order valence-corrected chi connectivity index (χ4v) is 4.18. The van der Waals surface area contributed by atoms with E-state index in [9.17, 15) is 4.79 Å². The molecule has 0 fully saturated rings. The summed E-state index contributed by atoms with van der Waals surface area (Å²) >= 11 is 5.49. The van der Waals surface area contributed by atoms with Crippen molar-refractivity contribution in [1.29, 1.82) is 0 Å². The maximum absolute atomic E-state index is 11.2. The number of hydrogen-bond acceptors (Lipinski definition) is 1. The summed E-state index contributed by atoms with van der Waals surface area (Å²) in [5.74, 6) is 0.478. The predicted molar refractivity (Wildman–Crippen MR) is 92.7 cm³/mol. The van der Waals surface area contributed by atoms with Crippen LogP contribution in [-0.4, -0.2) is 5.24 Å². The number of carbonyl (C=O) groups excluding carboxylic acids is 1. The second-order valence-electron chi connectivity index (χ2n) is 5.98. The van der Waals surface area contributed by atoms with Crippen LogP contribution in [0.5, 0.6) is 0 Å². The summed E-state index contributed by atoms with van der Waals surface area (Å²) in [6.07, 6.45) is 3.30. The van der Waals surface area contributed by atoms with E-state index < -0.39 is 5.24 Å². The number of allylic oxidation sites excluding steroid dienone is 2. The average Bonchev–Trinajstić information content (AvgIpc) is 2.59. The number of rotatable bonds is 2. The molecular formula is C21H15ClO. The van der Waals surface area contributed by atoms with Crippen molar-refractivity contribution in [3.8, 4) is 0 Å². The number of carbonyl (C=O) groups is 1. The van der Waals surface area contributed by atoms with Gasteiger partial charge in [-0.1, -0.05) is 54.6 Å². The zero-order chi connectivity index (χ0) is 16.0. The first-order valence-electron chi connectivity index (χ1n) is 7.68. The molecule has 1 nitrogen and oxygen atoms in total. The second kappa shape index (κ2) is 5.38. The van der Waals surface area contributed by atoms with Crippen molar-refractivity contribution in [2.45, 2.75) is 11.8 Å².